The molecule has 1 fully saturated rings. The van der Waals surface area contributed by atoms with Crippen LogP contribution in [0.1, 0.15) is 23.2 Å². The molecule has 1 aromatic rings. The summed E-state index contributed by atoms with van der Waals surface area (Å²) in [6.45, 7) is 1.92. The number of nitrogens with two attached hydrogens (primary N) is 1. The number of nitrogens with one attached hydrogen (secondary N) is 1. The molecule has 1 unspecified atom stereocenters. The van der Waals surface area contributed by atoms with E-state index in [1.807, 2.05) is 6.07 Å². The van der Waals surface area contributed by atoms with Crippen LogP contribution in [0.25, 0.3) is 0 Å². The molecule has 0 aliphatic carbocycles. The Kier molecular flexibility index (Phi) is 3.41. The number of carbonyl (C=O) groups excluding carboxylic acids is 1. The molecule has 0 spiro atoms. The quantitative estimate of drug-likeness (QED) is 0.796. The fourth-order valence-corrected chi connectivity index (χ4v) is 1.84. The largest absolute Gasteiger partial charge is 0.489 e. The Morgan fingerprint density at radius 1 is 1.50 bits per heavy atom. The highest BCUT2D eigenvalue weighted by molar-refractivity contribution is 5.93. The van der Waals surface area contributed by atoms with Crippen molar-refractivity contribution in [2.45, 2.75) is 18.9 Å². The van der Waals surface area contributed by atoms with Crippen molar-refractivity contribution >= 4 is 5.91 Å². The molecule has 1 saturated heterocycles. The second-order valence-electron chi connectivity index (χ2n) is 3.98. The van der Waals surface area contributed by atoms with Gasteiger partial charge in [-0.05, 0) is 37.6 Å². The van der Waals surface area contributed by atoms with Gasteiger partial charge in [-0.1, -0.05) is 6.07 Å². The number of piperidine rings is 1. The number of rotatable bonds is 3. The Morgan fingerprint density at radius 2 is 2.38 bits per heavy atom. The summed E-state index contributed by atoms with van der Waals surface area (Å²) in [5.41, 5.74) is 5.70. The minimum atomic E-state index is -0.424. The SMILES string of the molecule is NC(=O)c1cccc(OC2CCCNC2)c1. The molecule has 2 rings (SSSR count). The van der Waals surface area contributed by atoms with E-state index in [1.165, 1.54) is 0 Å². The van der Waals surface area contributed by atoms with Crippen molar-refractivity contribution in [1.29, 1.82) is 0 Å². The lowest BCUT2D eigenvalue weighted by atomic mass is 10.1. The van der Waals surface area contributed by atoms with Crippen molar-refractivity contribution in [3.63, 3.8) is 0 Å². The molecule has 0 radical (unpaired) electrons. The van der Waals surface area contributed by atoms with Crippen molar-refractivity contribution in [1.82, 2.24) is 5.32 Å². The maximum Gasteiger partial charge on any atom is 0.248 e. The average molecular weight is 220 g/mol. The van der Waals surface area contributed by atoms with E-state index in [1.54, 1.807) is 18.2 Å². The van der Waals surface area contributed by atoms with Crippen LogP contribution >= 0.6 is 0 Å². The van der Waals surface area contributed by atoms with Gasteiger partial charge >= 0.3 is 0 Å². The normalized spacial score (nSPS) is 20.4. The third-order valence-corrected chi connectivity index (χ3v) is 2.67. The van der Waals surface area contributed by atoms with Gasteiger partial charge < -0.3 is 15.8 Å². The van der Waals surface area contributed by atoms with Gasteiger partial charge in [-0.25, -0.2) is 0 Å². The molecule has 16 heavy (non-hydrogen) atoms. The highest BCUT2D eigenvalue weighted by Gasteiger charge is 2.14. The first-order valence-electron chi connectivity index (χ1n) is 5.53. The molecule has 1 heterocycles. The van der Waals surface area contributed by atoms with Crippen LogP contribution in [0.4, 0.5) is 0 Å². The van der Waals surface area contributed by atoms with E-state index in [2.05, 4.69) is 5.32 Å². The molecule has 0 saturated carbocycles. The van der Waals surface area contributed by atoms with Crippen LogP contribution in [0.5, 0.6) is 5.75 Å². The summed E-state index contributed by atoms with van der Waals surface area (Å²) >= 11 is 0. The maximum absolute atomic E-state index is 11.0. The monoisotopic (exact) mass is 220 g/mol. The molecule has 1 aliphatic heterocycles. The van der Waals surface area contributed by atoms with Crippen molar-refractivity contribution in [2.24, 2.45) is 5.73 Å². The zero-order valence-corrected chi connectivity index (χ0v) is 9.11. The summed E-state index contributed by atoms with van der Waals surface area (Å²) in [6.07, 6.45) is 2.37. The van der Waals surface area contributed by atoms with Gasteiger partial charge in [0.15, 0.2) is 0 Å². The second kappa shape index (κ2) is 4.99. The highest BCUT2D eigenvalue weighted by Crippen LogP contribution is 2.17. The van der Waals surface area contributed by atoms with Crippen LogP contribution < -0.4 is 15.8 Å². The fraction of sp³-hybridized carbons (Fsp3) is 0.417. The summed E-state index contributed by atoms with van der Waals surface area (Å²) < 4.78 is 5.78. The zero-order chi connectivity index (χ0) is 11.4. The van der Waals surface area contributed by atoms with E-state index < -0.39 is 5.91 Å². The number of ether oxygens (including phenoxy) is 1. The van der Waals surface area contributed by atoms with Crippen molar-refractivity contribution < 1.29 is 9.53 Å². The molecule has 0 bridgehead atoms. The summed E-state index contributed by atoms with van der Waals surface area (Å²) in [5.74, 6) is 0.289. The predicted octanol–water partition coefficient (Wildman–Crippen LogP) is 0.916. The molecule has 0 aromatic heterocycles. The molecule has 1 aliphatic rings. The van der Waals surface area contributed by atoms with Gasteiger partial charge in [-0.3, -0.25) is 4.79 Å². The molecule has 1 amide bonds. The van der Waals surface area contributed by atoms with Crippen LogP contribution in [0, 0.1) is 0 Å². The number of hydrogen-bond donors (Lipinski definition) is 2. The summed E-state index contributed by atoms with van der Waals surface area (Å²) in [6, 6.07) is 7.01. The minimum Gasteiger partial charge on any atom is -0.489 e. The first kappa shape index (κ1) is 11.0. The summed E-state index contributed by atoms with van der Waals surface area (Å²) in [7, 11) is 0. The first-order valence-corrected chi connectivity index (χ1v) is 5.53. The van der Waals surface area contributed by atoms with Gasteiger partial charge in [0.2, 0.25) is 5.91 Å². The minimum absolute atomic E-state index is 0.192. The number of amides is 1. The third kappa shape index (κ3) is 2.73. The first-order chi connectivity index (χ1) is 7.75. The molecular weight excluding hydrogens is 204 g/mol. The van der Waals surface area contributed by atoms with Crippen molar-refractivity contribution in [3.05, 3.63) is 29.8 Å². The lowest BCUT2D eigenvalue weighted by molar-refractivity contribution is 0.0999. The van der Waals surface area contributed by atoms with E-state index >= 15 is 0 Å². The smallest absolute Gasteiger partial charge is 0.248 e. The van der Waals surface area contributed by atoms with E-state index in [4.69, 9.17) is 10.5 Å². The number of carbonyl (C=O) groups is 1. The molecule has 3 N–H and O–H groups in total. The van der Waals surface area contributed by atoms with Gasteiger partial charge in [-0.2, -0.15) is 0 Å². The van der Waals surface area contributed by atoms with Crippen LogP contribution in [-0.4, -0.2) is 25.1 Å². The van der Waals surface area contributed by atoms with E-state index in [0.29, 0.717) is 11.3 Å². The second-order valence-corrected chi connectivity index (χ2v) is 3.98. The molecule has 86 valence electrons. The number of primary amides is 1. The third-order valence-electron chi connectivity index (χ3n) is 2.67. The number of hydrogen-bond acceptors (Lipinski definition) is 3. The highest BCUT2D eigenvalue weighted by atomic mass is 16.5. The van der Waals surface area contributed by atoms with E-state index in [-0.39, 0.29) is 6.10 Å². The summed E-state index contributed by atoms with van der Waals surface area (Å²) in [4.78, 5) is 11.0. The Balaban J connectivity index is 2.02. The Hall–Kier alpha value is -1.55. The summed E-state index contributed by atoms with van der Waals surface area (Å²) in [5, 5.41) is 3.28. The van der Waals surface area contributed by atoms with E-state index in [9.17, 15) is 4.79 Å². The van der Waals surface area contributed by atoms with Gasteiger partial charge in [0.25, 0.3) is 0 Å². The van der Waals surface area contributed by atoms with Gasteiger partial charge in [0, 0.05) is 12.1 Å². The molecule has 1 aromatic carbocycles. The maximum atomic E-state index is 11.0. The average Bonchev–Trinajstić information content (AvgIpc) is 2.30. The van der Waals surface area contributed by atoms with Crippen LogP contribution in [0.15, 0.2) is 24.3 Å². The van der Waals surface area contributed by atoms with Crippen molar-refractivity contribution in [2.75, 3.05) is 13.1 Å². The van der Waals surface area contributed by atoms with Crippen molar-refractivity contribution in [3.8, 4) is 5.75 Å². The van der Waals surface area contributed by atoms with Crippen LogP contribution in [-0.2, 0) is 0 Å². The topological polar surface area (TPSA) is 64.4 Å². The Labute approximate surface area is 94.8 Å². The predicted molar refractivity (Wildman–Crippen MR) is 61.5 cm³/mol. The fourth-order valence-electron chi connectivity index (χ4n) is 1.84. The lowest BCUT2D eigenvalue weighted by Crippen LogP contribution is -2.37. The Morgan fingerprint density at radius 3 is 3.06 bits per heavy atom. The van der Waals surface area contributed by atoms with Gasteiger partial charge in [-0.15, -0.1) is 0 Å². The van der Waals surface area contributed by atoms with E-state index in [0.717, 1.165) is 25.9 Å². The van der Waals surface area contributed by atoms with Crippen LogP contribution in [0.3, 0.4) is 0 Å². The molecule has 4 heteroatoms. The number of benzene rings is 1. The van der Waals surface area contributed by atoms with Gasteiger partial charge in [0.05, 0.1) is 0 Å². The molecule has 4 nitrogen and oxygen atoms in total. The zero-order valence-electron chi connectivity index (χ0n) is 9.11. The lowest BCUT2D eigenvalue weighted by Gasteiger charge is -2.24. The molecule has 1 atom stereocenters. The Bertz CT molecular complexity index is 373. The standard InChI is InChI=1S/C12H16N2O2/c13-12(15)9-3-1-4-10(7-9)16-11-5-2-6-14-8-11/h1,3-4,7,11,14H,2,5-6,8H2,(H2,13,15). The van der Waals surface area contributed by atoms with Crippen LogP contribution in [0.2, 0.25) is 0 Å². The molecular formula is C12H16N2O2. The van der Waals surface area contributed by atoms with Gasteiger partial charge in [0.1, 0.15) is 11.9 Å².